The standard InChI is InChI=1S/C15H13N/c1-2-7-15-13(4-1)5-3-6-14(15)10-12-8-9-16-11-12/h1-7,9,11H,8,10H2. The first-order valence-corrected chi connectivity index (χ1v) is 5.60. The van der Waals surface area contributed by atoms with Crippen molar-refractivity contribution < 1.29 is 0 Å². The summed E-state index contributed by atoms with van der Waals surface area (Å²) in [6, 6.07) is 15.1. The molecule has 0 aromatic heterocycles. The lowest BCUT2D eigenvalue weighted by Crippen LogP contribution is -1.90. The van der Waals surface area contributed by atoms with Crippen LogP contribution in [0.1, 0.15) is 12.0 Å². The van der Waals surface area contributed by atoms with Crippen LogP contribution in [0.15, 0.2) is 59.2 Å². The Morgan fingerprint density at radius 1 is 1.00 bits per heavy atom. The molecule has 0 amide bonds. The highest BCUT2D eigenvalue weighted by molar-refractivity contribution is 5.86. The molecule has 0 unspecified atom stereocenters. The lowest BCUT2D eigenvalue weighted by Gasteiger charge is -2.06. The number of hydrogen-bond acceptors (Lipinski definition) is 1. The normalized spacial score (nSPS) is 14.4. The molecule has 1 heterocycles. The van der Waals surface area contributed by atoms with Crippen LogP contribution in [-0.2, 0) is 6.42 Å². The molecule has 0 atom stereocenters. The molecule has 2 aromatic rings. The van der Waals surface area contributed by atoms with E-state index in [2.05, 4.69) is 47.5 Å². The van der Waals surface area contributed by atoms with Crippen LogP contribution in [0.2, 0.25) is 0 Å². The van der Waals surface area contributed by atoms with E-state index in [0.717, 1.165) is 12.8 Å². The van der Waals surface area contributed by atoms with E-state index in [9.17, 15) is 0 Å². The summed E-state index contributed by atoms with van der Waals surface area (Å²) in [7, 11) is 0. The lowest BCUT2D eigenvalue weighted by molar-refractivity contribution is 1.13. The van der Waals surface area contributed by atoms with Gasteiger partial charge in [-0.1, -0.05) is 42.5 Å². The molecule has 0 fully saturated rings. The molecule has 0 bridgehead atoms. The van der Waals surface area contributed by atoms with Gasteiger partial charge in [0.1, 0.15) is 0 Å². The molecule has 0 radical (unpaired) electrons. The minimum absolute atomic E-state index is 1.00. The van der Waals surface area contributed by atoms with E-state index in [-0.39, 0.29) is 0 Å². The van der Waals surface area contributed by atoms with Gasteiger partial charge in [-0.05, 0) is 28.3 Å². The molecular formula is C15H13N. The Hall–Kier alpha value is -1.89. The molecule has 1 heteroatoms. The SMILES string of the molecule is C1=NC=C(Cc2cccc3ccccc23)C1. The van der Waals surface area contributed by atoms with Crippen LogP contribution in [0.25, 0.3) is 10.8 Å². The van der Waals surface area contributed by atoms with Gasteiger partial charge in [-0.15, -0.1) is 0 Å². The van der Waals surface area contributed by atoms with E-state index in [0.29, 0.717) is 0 Å². The highest BCUT2D eigenvalue weighted by Crippen LogP contribution is 2.22. The molecule has 1 aliphatic heterocycles. The third kappa shape index (κ3) is 1.65. The van der Waals surface area contributed by atoms with Crippen molar-refractivity contribution in [3.63, 3.8) is 0 Å². The maximum atomic E-state index is 4.15. The minimum atomic E-state index is 1.00. The number of rotatable bonds is 2. The maximum Gasteiger partial charge on any atom is 0.0263 e. The fourth-order valence-electron chi connectivity index (χ4n) is 2.19. The summed E-state index contributed by atoms with van der Waals surface area (Å²) in [4.78, 5) is 4.15. The van der Waals surface area contributed by atoms with Crippen LogP contribution < -0.4 is 0 Å². The van der Waals surface area contributed by atoms with Crippen LogP contribution in [0, 0.1) is 0 Å². The molecule has 1 nitrogen and oxygen atoms in total. The van der Waals surface area contributed by atoms with Gasteiger partial charge in [0.25, 0.3) is 0 Å². The Morgan fingerprint density at radius 3 is 2.75 bits per heavy atom. The van der Waals surface area contributed by atoms with Gasteiger partial charge in [-0.25, -0.2) is 0 Å². The topological polar surface area (TPSA) is 12.4 Å². The minimum Gasteiger partial charge on any atom is -0.269 e. The Balaban J connectivity index is 2.03. The van der Waals surface area contributed by atoms with Gasteiger partial charge in [0.2, 0.25) is 0 Å². The monoisotopic (exact) mass is 207 g/mol. The number of hydrogen-bond donors (Lipinski definition) is 0. The molecule has 3 rings (SSSR count). The average Bonchev–Trinajstić information content (AvgIpc) is 2.82. The third-order valence-corrected chi connectivity index (χ3v) is 3.01. The van der Waals surface area contributed by atoms with Gasteiger partial charge < -0.3 is 0 Å². The van der Waals surface area contributed by atoms with Crippen molar-refractivity contribution in [1.82, 2.24) is 0 Å². The Labute approximate surface area is 95.1 Å². The summed E-state index contributed by atoms with van der Waals surface area (Å²) in [5.74, 6) is 0. The zero-order chi connectivity index (χ0) is 10.8. The zero-order valence-electron chi connectivity index (χ0n) is 9.06. The summed E-state index contributed by atoms with van der Waals surface area (Å²) >= 11 is 0. The van der Waals surface area contributed by atoms with Crippen LogP contribution in [0.5, 0.6) is 0 Å². The first-order chi connectivity index (χ1) is 7.93. The quantitative estimate of drug-likeness (QED) is 0.711. The average molecular weight is 207 g/mol. The number of nitrogens with zero attached hydrogens (tertiary/aromatic N) is 1. The number of aliphatic imine (C=N–C) groups is 1. The molecule has 0 saturated heterocycles. The molecule has 2 aromatic carbocycles. The van der Waals surface area contributed by atoms with Crippen molar-refractivity contribution in [1.29, 1.82) is 0 Å². The van der Waals surface area contributed by atoms with E-state index in [1.54, 1.807) is 0 Å². The van der Waals surface area contributed by atoms with Crippen molar-refractivity contribution in [2.24, 2.45) is 4.99 Å². The molecule has 0 spiro atoms. The number of fused-ring (bicyclic) bond motifs is 1. The van der Waals surface area contributed by atoms with Crippen molar-refractivity contribution >= 4 is 17.0 Å². The second kappa shape index (κ2) is 3.93. The van der Waals surface area contributed by atoms with Crippen molar-refractivity contribution in [2.75, 3.05) is 0 Å². The van der Waals surface area contributed by atoms with Crippen LogP contribution in [-0.4, -0.2) is 6.21 Å². The first kappa shape index (κ1) is 9.34. The highest BCUT2D eigenvalue weighted by Gasteiger charge is 2.05. The molecule has 1 aliphatic rings. The molecular weight excluding hydrogens is 194 g/mol. The van der Waals surface area contributed by atoms with Crippen molar-refractivity contribution in [3.8, 4) is 0 Å². The van der Waals surface area contributed by atoms with E-state index in [4.69, 9.17) is 0 Å². The Morgan fingerprint density at radius 2 is 1.88 bits per heavy atom. The smallest absolute Gasteiger partial charge is 0.0263 e. The Kier molecular flexibility index (Phi) is 2.30. The summed E-state index contributed by atoms with van der Waals surface area (Å²) < 4.78 is 0. The van der Waals surface area contributed by atoms with E-state index in [1.807, 2.05) is 12.4 Å². The van der Waals surface area contributed by atoms with E-state index < -0.39 is 0 Å². The second-order valence-corrected chi connectivity index (χ2v) is 4.14. The molecule has 78 valence electrons. The predicted molar refractivity (Wildman–Crippen MR) is 68.8 cm³/mol. The molecule has 0 aliphatic carbocycles. The van der Waals surface area contributed by atoms with E-state index in [1.165, 1.54) is 21.9 Å². The second-order valence-electron chi connectivity index (χ2n) is 4.14. The summed E-state index contributed by atoms with van der Waals surface area (Å²) in [5, 5.41) is 2.68. The molecule has 0 saturated carbocycles. The van der Waals surface area contributed by atoms with Gasteiger partial charge in [-0.2, -0.15) is 0 Å². The summed E-state index contributed by atoms with van der Waals surface area (Å²) in [6.07, 6.45) is 5.98. The van der Waals surface area contributed by atoms with Crippen molar-refractivity contribution in [3.05, 3.63) is 59.8 Å². The van der Waals surface area contributed by atoms with Gasteiger partial charge in [0.05, 0.1) is 0 Å². The summed E-state index contributed by atoms with van der Waals surface area (Å²) in [6.45, 7) is 0. The summed E-state index contributed by atoms with van der Waals surface area (Å²) in [5.41, 5.74) is 2.80. The first-order valence-electron chi connectivity index (χ1n) is 5.60. The van der Waals surface area contributed by atoms with Gasteiger partial charge in [-0.3, -0.25) is 4.99 Å². The number of allylic oxidation sites excluding steroid dienone is 1. The van der Waals surface area contributed by atoms with E-state index >= 15 is 0 Å². The molecule has 16 heavy (non-hydrogen) atoms. The Bertz CT molecular complexity index is 574. The number of benzene rings is 2. The fourth-order valence-corrected chi connectivity index (χ4v) is 2.19. The maximum absolute atomic E-state index is 4.15. The van der Waals surface area contributed by atoms with Gasteiger partial charge in [0, 0.05) is 18.8 Å². The fraction of sp³-hybridized carbons (Fsp3) is 0.133. The lowest BCUT2D eigenvalue weighted by atomic mass is 9.98. The van der Waals surface area contributed by atoms with Crippen LogP contribution in [0.3, 0.4) is 0 Å². The largest absolute Gasteiger partial charge is 0.269 e. The van der Waals surface area contributed by atoms with Crippen LogP contribution >= 0.6 is 0 Å². The third-order valence-electron chi connectivity index (χ3n) is 3.01. The van der Waals surface area contributed by atoms with Crippen molar-refractivity contribution in [2.45, 2.75) is 12.8 Å². The highest BCUT2D eigenvalue weighted by atomic mass is 14.7. The van der Waals surface area contributed by atoms with Gasteiger partial charge in [0.15, 0.2) is 0 Å². The zero-order valence-corrected chi connectivity index (χ0v) is 9.06. The van der Waals surface area contributed by atoms with Gasteiger partial charge >= 0.3 is 0 Å². The predicted octanol–water partition coefficient (Wildman–Crippen LogP) is 3.74. The molecule has 0 N–H and O–H groups in total. The van der Waals surface area contributed by atoms with Crippen LogP contribution in [0.4, 0.5) is 0 Å².